The molecular weight excluding hydrogens is 374 g/mol. The molecule has 0 spiro atoms. The van der Waals surface area contributed by atoms with Gasteiger partial charge in [-0.1, -0.05) is 30.3 Å². The summed E-state index contributed by atoms with van der Waals surface area (Å²) in [5.74, 6) is -1.10. The molecule has 1 aliphatic carbocycles. The number of carbonyl (C=O) groups excluding carboxylic acids is 3. The highest BCUT2D eigenvalue weighted by Gasteiger charge is 2.27. The summed E-state index contributed by atoms with van der Waals surface area (Å²) in [5.41, 5.74) is 2.97. The van der Waals surface area contributed by atoms with Crippen molar-refractivity contribution in [2.75, 3.05) is 47.1 Å². The third-order valence-electron chi connectivity index (χ3n) is 4.77. The second kappa shape index (κ2) is 9.45. The van der Waals surface area contributed by atoms with Gasteiger partial charge in [-0.15, -0.1) is 0 Å². The Morgan fingerprint density at radius 3 is 2.14 bits per heavy atom. The first-order valence-electron chi connectivity index (χ1n) is 9.27. The Bertz CT molecular complexity index is 915. The van der Waals surface area contributed by atoms with E-state index >= 15 is 0 Å². The minimum atomic E-state index is -0.650. The molecular formula is C22H23NO6. The molecule has 2 aromatic carbocycles. The van der Waals surface area contributed by atoms with Crippen LogP contribution in [0, 0.1) is 0 Å². The largest absolute Gasteiger partial charge is 0.452 e. The van der Waals surface area contributed by atoms with Gasteiger partial charge in [-0.25, -0.2) is 4.79 Å². The fourth-order valence-corrected chi connectivity index (χ4v) is 3.22. The van der Waals surface area contributed by atoms with Crippen molar-refractivity contribution in [2.45, 2.75) is 0 Å². The molecule has 0 fully saturated rings. The number of methoxy groups -OCH3 is 2. The Kier molecular flexibility index (Phi) is 6.74. The quantitative estimate of drug-likeness (QED) is 0.515. The predicted molar refractivity (Wildman–Crippen MR) is 106 cm³/mol. The maximum atomic E-state index is 12.6. The molecule has 2 aromatic rings. The van der Waals surface area contributed by atoms with E-state index in [4.69, 9.17) is 14.2 Å². The monoisotopic (exact) mass is 397 g/mol. The molecule has 1 aliphatic rings. The molecule has 0 heterocycles. The van der Waals surface area contributed by atoms with Crippen LogP contribution in [0.2, 0.25) is 0 Å². The van der Waals surface area contributed by atoms with Crippen LogP contribution in [0.4, 0.5) is 0 Å². The van der Waals surface area contributed by atoms with Crippen molar-refractivity contribution in [3.05, 3.63) is 59.2 Å². The molecule has 29 heavy (non-hydrogen) atoms. The summed E-state index contributed by atoms with van der Waals surface area (Å²) in [6.07, 6.45) is 0. The summed E-state index contributed by atoms with van der Waals surface area (Å²) in [7, 11) is 3.10. The number of carbonyl (C=O) groups is 3. The Labute approximate surface area is 169 Å². The van der Waals surface area contributed by atoms with Gasteiger partial charge in [-0.3, -0.25) is 9.59 Å². The van der Waals surface area contributed by atoms with Crippen LogP contribution in [0.5, 0.6) is 0 Å². The zero-order chi connectivity index (χ0) is 20.8. The van der Waals surface area contributed by atoms with Gasteiger partial charge in [-0.2, -0.15) is 0 Å². The predicted octanol–water partition coefficient (Wildman–Crippen LogP) is 2.18. The summed E-state index contributed by atoms with van der Waals surface area (Å²) < 4.78 is 15.2. The van der Waals surface area contributed by atoms with E-state index in [-0.39, 0.29) is 17.3 Å². The van der Waals surface area contributed by atoms with Crippen LogP contribution < -0.4 is 0 Å². The number of ketones is 1. The van der Waals surface area contributed by atoms with Crippen LogP contribution in [0.3, 0.4) is 0 Å². The van der Waals surface area contributed by atoms with E-state index in [0.717, 1.165) is 11.1 Å². The van der Waals surface area contributed by atoms with Gasteiger partial charge >= 0.3 is 5.97 Å². The normalized spacial score (nSPS) is 11.7. The minimum absolute atomic E-state index is 0.119. The molecule has 0 aliphatic heterocycles. The third kappa shape index (κ3) is 4.52. The summed E-state index contributed by atoms with van der Waals surface area (Å²) in [4.78, 5) is 38.9. The van der Waals surface area contributed by atoms with Crippen molar-refractivity contribution in [3.63, 3.8) is 0 Å². The minimum Gasteiger partial charge on any atom is -0.452 e. The topological polar surface area (TPSA) is 82.1 Å². The maximum absolute atomic E-state index is 12.6. The number of benzene rings is 2. The van der Waals surface area contributed by atoms with E-state index in [2.05, 4.69) is 0 Å². The van der Waals surface area contributed by atoms with Crippen LogP contribution in [0.25, 0.3) is 11.1 Å². The SMILES string of the molecule is COCCN(CCOC)C(=O)COC(=O)c1ccc2c(c1)C(=O)c1ccccc1-2. The van der Waals surface area contributed by atoms with Crippen LogP contribution in [0.1, 0.15) is 26.3 Å². The molecule has 0 N–H and O–H groups in total. The van der Waals surface area contributed by atoms with Crippen LogP contribution in [-0.4, -0.2) is 69.7 Å². The number of nitrogens with zero attached hydrogens (tertiary/aromatic N) is 1. The van der Waals surface area contributed by atoms with Gasteiger partial charge in [0.15, 0.2) is 12.4 Å². The molecule has 0 aromatic heterocycles. The smallest absolute Gasteiger partial charge is 0.338 e. The van der Waals surface area contributed by atoms with Crippen molar-refractivity contribution < 1.29 is 28.6 Å². The van der Waals surface area contributed by atoms with E-state index in [1.165, 1.54) is 11.0 Å². The van der Waals surface area contributed by atoms with Gasteiger partial charge in [0, 0.05) is 38.4 Å². The molecule has 0 saturated carbocycles. The van der Waals surface area contributed by atoms with Crippen molar-refractivity contribution >= 4 is 17.7 Å². The zero-order valence-electron chi connectivity index (χ0n) is 16.5. The van der Waals surface area contributed by atoms with Gasteiger partial charge in [0.05, 0.1) is 18.8 Å². The van der Waals surface area contributed by atoms with Gasteiger partial charge in [0.25, 0.3) is 5.91 Å². The first-order chi connectivity index (χ1) is 14.1. The Morgan fingerprint density at radius 1 is 0.862 bits per heavy atom. The van der Waals surface area contributed by atoms with Crippen molar-refractivity contribution in [3.8, 4) is 11.1 Å². The molecule has 0 unspecified atom stereocenters. The van der Waals surface area contributed by atoms with Gasteiger partial charge in [-0.05, 0) is 23.3 Å². The maximum Gasteiger partial charge on any atom is 0.338 e. The third-order valence-corrected chi connectivity index (χ3v) is 4.77. The average Bonchev–Trinajstić information content (AvgIpc) is 3.04. The number of hydrogen-bond donors (Lipinski definition) is 0. The lowest BCUT2D eigenvalue weighted by molar-refractivity contribution is -0.135. The molecule has 0 radical (unpaired) electrons. The summed E-state index contributed by atoms with van der Waals surface area (Å²) in [5, 5.41) is 0. The zero-order valence-corrected chi connectivity index (χ0v) is 16.5. The van der Waals surface area contributed by atoms with Crippen LogP contribution >= 0.6 is 0 Å². The first kappa shape index (κ1) is 20.7. The van der Waals surface area contributed by atoms with Gasteiger partial charge in [0.1, 0.15) is 0 Å². The summed E-state index contributed by atoms with van der Waals surface area (Å²) >= 11 is 0. The Balaban J connectivity index is 1.66. The van der Waals surface area contributed by atoms with Crippen LogP contribution in [-0.2, 0) is 19.0 Å². The fourth-order valence-electron chi connectivity index (χ4n) is 3.22. The summed E-state index contributed by atoms with van der Waals surface area (Å²) in [6.45, 7) is 1.11. The lowest BCUT2D eigenvalue weighted by atomic mass is 10.0. The lowest BCUT2D eigenvalue weighted by Gasteiger charge is -2.21. The average molecular weight is 397 g/mol. The standard InChI is InChI=1S/C22H23NO6/c1-27-11-9-23(10-12-28-2)20(24)14-29-22(26)15-7-8-17-16-5-3-4-6-18(16)21(25)19(17)13-15/h3-8,13H,9-12,14H2,1-2H3. The molecule has 1 amide bonds. The molecule has 7 nitrogen and oxygen atoms in total. The van der Waals surface area contributed by atoms with Gasteiger partial charge in [0.2, 0.25) is 0 Å². The Morgan fingerprint density at radius 2 is 1.48 bits per heavy atom. The number of ether oxygens (including phenoxy) is 3. The number of fused-ring (bicyclic) bond motifs is 3. The number of esters is 1. The van der Waals surface area contributed by atoms with Crippen molar-refractivity contribution in [1.82, 2.24) is 4.90 Å². The highest BCUT2D eigenvalue weighted by molar-refractivity contribution is 6.22. The second-order valence-electron chi connectivity index (χ2n) is 6.58. The van der Waals surface area contributed by atoms with E-state index in [9.17, 15) is 14.4 Å². The van der Waals surface area contributed by atoms with E-state index in [1.807, 2.05) is 18.2 Å². The summed E-state index contributed by atoms with van der Waals surface area (Å²) in [6, 6.07) is 12.2. The first-order valence-corrected chi connectivity index (χ1v) is 9.27. The molecule has 0 atom stereocenters. The second-order valence-corrected chi connectivity index (χ2v) is 6.58. The van der Waals surface area contributed by atoms with Gasteiger partial charge < -0.3 is 19.1 Å². The highest BCUT2D eigenvalue weighted by atomic mass is 16.5. The number of amides is 1. The number of hydrogen-bond acceptors (Lipinski definition) is 6. The molecule has 152 valence electrons. The van der Waals surface area contributed by atoms with E-state index < -0.39 is 12.6 Å². The molecule has 7 heteroatoms. The van der Waals surface area contributed by atoms with Crippen molar-refractivity contribution in [2.24, 2.45) is 0 Å². The lowest BCUT2D eigenvalue weighted by Crippen LogP contribution is -2.39. The fraction of sp³-hybridized carbons (Fsp3) is 0.318. The highest BCUT2D eigenvalue weighted by Crippen LogP contribution is 2.36. The van der Waals surface area contributed by atoms with E-state index in [1.54, 1.807) is 32.4 Å². The van der Waals surface area contributed by atoms with Crippen LogP contribution in [0.15, 0.2) is 42.5 Å². The molecule has 0 saturated heterocycles. The van der Waals surface area contributed by atoms with E-state index in [0.29, 0.717) is 37.4 Å². The Hall–Kier alpha value is -3.03. The molecule has 3 rings (SSSR count). The number of rotatable bonds is 9. The van der Waals surface area contributed by atoms with Crippen molar-refractivity contribution in [1.29, 1.82) is 0 Å². The molecule has 0 bridgehead atoms.